The highest BCUT2D eigenvalue weighted by Gasteiger charge is 2.30. The van der Waals surface area contributed by atoms with Crippen LogP contribution in [0.15, 0.2) is 77.7 Å². The molecule has 0 aliphatic heterocycles. The molecule has 1 aromatic heterocycles. The van der Waals surface area contributed by atoms with E-state index in [1.807, 2.05) is 0 Å². The molecule has 0 fully saturated rings. The Morgan fingerprint density at radius 1 is 0.788 bits per heavy atom. The quantitative estimate of drug-likeness (QED) is 0.411. The summed E-state index contributed by atoms with van der Waals surface area (Å²) in [6.45, 7) is 0. The summed E-state index contributed by atoms with van der Waals surface area (Å²) in [6, 6.07) is 14.3. The lowest BCUT2D eigenvalue weighted by atomic mass is 10.1. The maximum absolute atomic E-state index is 13.7. The molecular weight excluding hydrogens is 465 g/mol. The highest BCUT2D eigenvalue weighted by Crippen LogP contribution is 2.33. The molecule has 2 N–H and O–H groups in total. The molecule has 0 unspecified atom stereocenters. The number of hydrogen-bond donors (Lipinski definition) is 1. The number of nitrogens with two attached hydrogens (primary N) is 1. The van der Waals surface area contributed by atoms with Crippen LogP contribution >= 0.6 is 0 Å². The largest absolute Gasteiger partial charge is 0.416 e. The van der Waals surface area contributed by atoms with Crippen LogP contribution in [-0.4, -0.2) is 18.2 Å². The molecule has 4 rings (SSSR count). The third-order valence-corrected chi connectivity index (χ3v) is 5.77. The molecule has 0 amide bonds. The molecule has 0 spiro atoms. The first-order valence-corrected chi connectivity index (χ1v) is 10.8. The summed E-state index contributed by atoms with van der Waals surface area (Å²) in [4.78, 5) is -0.143. The third kappa shape index (κ3) is 4.64. The fourth-order valence-corrected chi connectivity index (χ4v) is 3.70. The van der Waals surface area contributed by atoms with Gasteiger partial charge >= 0.3 is 6.18 Å². The highest BCUT2D eigenvalue weighted by atomic mass is 32.2. The topological polar surface area (TPSA) is 78.0 Å². The van der Waals surface area contributed by atoms with Crippen molar-refractivity contribution in [3.05, 3.63) is 90.0 Å². The van der Waals surface area contributed by atoms with E-state index < -0.39 is 33.4 Å². The highest BCUT2D eigenvalue weighted by molar-refractivity contribution is 7.89. The van der Waals surface area contributed by atoms with Gasteiger partial charge in [-0.15, -0.1) is 0 Å². The standard InChI is InChI=1S/C22H14F5N3O2S/c23-18-10-3-14(11-19(18)24)20-12-21(13-1-4-15(5-2-13)22(25,26)27)30(29-20)16-6-8-17(9-7-16)33(28,31)32/h1-12H,(H2,28,31,32). The summed E-state index contributed by atoms with van der Waals surface area (Å²) >= 11 is 0. The SMILES string of the molecule is NS(=O)(=O)c1ccc(-n2nc(-c3ccc(F)c(F)c3)cc2-c2ccc(C(F)(F)F)cc2)cc1. The number of rotatable bonds is 4. The van der Waals surface area contributed by atoms with Crippen molar-refractivity contribution in [2.75, 3.05) is 0 Å². The lowest BCUT2D eigenvalue weighted by molar-refractivity contribution is -0.137. The summed E-state index contributed by atoms with van der Waals surface area (Å²) in [5, 5.41) is 9.50. The van der Waals surface area contributed by atoms with E-state index in [0.29, 0.717) is 16.9 Å². The van der Waals surface area contributed by atoms with Crippen LogP contribution in [0.3, 0.4) is 0 Å². The number of hydrogen-bond acceptors (Lipinski definition) is 3. The van der Waals surface area contributed by atoms with Crippen molar-refractivity contribution in [2.45, 2.75) is 11.1 Å². The van der Waals surface area contributed by atoms with Crippen molar-refractivity contribution in [1.29, 1.82) is 0 Å². The molecule has 0 aliphatic carbocycles. The minimum Gasteiger partial charge on any atom is -0.232 e. The molecule has 0 saturated carbocycles. The molecule has 11 heteroatoms. The number of halogens is 5. The first kappa shape index (κ1) is 22.6. The Morgan fingerprint density at radius 2 is 1.39 bits per heavy atom. The van der Waals surface area contributed by atoms with Gasteiger partial charge in [0.1, 0.15) is 0 Å². The Hall–Kier alpha value is -3.57. The molecular formula is C22H14F5N3O2S. The zero-order valence-electron chi connectivity index (χ0n) is 16.5. The average Bonchev–Trinajstić information content (AvgIpc) is 3.20. The van der Waals surface area contributed by atoms with Crippen LogP contribution in [0.1, 0.15) is 5.56 Å². The van der Waals surface area contributed by atoms with Gasteiger partial charge in [0.25, 0.3) is 0 Å². The van der Waals surface area contributed by atoms with Crippen LogP contribution in [-0.2, 0) is 16.2 Å². The Balaban J connectivity index is 1.86. The lowest BCUT2D eigenvalue weighted by Gasteiger charge is -2.10. The lowest BCUT2D eigenvalue weighted by Crippen LogP contribution is -2.12. The zero-order chi connectivity index (χ0) is 24.0. The Labute approximate surface area is 185 Å². The van der Waals surface area contributed by atoms with Crippen molar-refractivity contribution >= 4 is 10.0 Å². The first-order valence-electron chi connectivity index (χ1n) is 9.30. The van der Waals surface area contributed by atoms with Crippen molar-refractivity contribution in [3.63, 3.8) is 0 Å². The molecule has 5 nitrogen and oxygen atoms in total. The minimum atomic E-state index is -4.51. The van der Waals surface area contributed by atoms with Gasteiger partial charge in [0.15, 0.2) is 11.6 Å². The van der Waals surface area contributed by atoms with Gasteiger partial charge in [-0.05, 0) is 60.7 Å². The fourth-order valence-electron chi connectivity index (χ4n) is 3.19. The number of nitrogens with zero attached hydrogens (tertiary/aromatic N) is 2. The predicted molar refractivity (Wildman–Crippen MR) is 111 cm³/mol. The van der Waals surface area contributed by atoms with Crippen molar-refractivity contribution in [1.82, 2.24) is 9.78 Å². The van der Waals surface area contributed by atoms with Crippen molar-refractivity contribution < 1.29 is 30.4 Å². The molecule has 0 aliphatic rings. The van der Waals surface area contributed by atoms with Gasteiger partial charge in [-0.3, -0.25) is 0 Å². The summed E-state index contributed by atoms with van der Waals surface area (Å²) in [7, 11) is -3.94. The zero-order valence-corrected chi connectivity index (χ0v) is 17.3. The van der Waals surface area contributed by atoms with Crippen LogP contribution in [0, 0.1) is 11.6 Å². The predicted octanol–water partition coefficient (Wildman–Crippen LogP) is 5.15. The summed E-state index contributed by atoms with van der Waals surface area (Å²) in [6.07, 6.45) is -4.51. The Morgan fingerprint density at radius 3 is 1.94 bits per heavy atom. The van der Waals surface area contributed by atoms with E-state index in [2.05, 4.69) is 5.10 Å². The van der Waals surface area contributed by atoms with E-state index in [1.165, 1.54) is 53.2 Å². The first-order chi connectivity index (χ1) is 15.4. The van der Waals surface area contributed by atoms with Crippen LogP contribution < -0.4 is 5.14 Å². The second kappa shape index (κ2) is 8.09. The van der Waals surface area contributed by atoms with Crippen LogP contribution in [0.4, 0.5) is 22.0 Å². The molecule has 4 aromatic rings. The maximum Gasteiger partial charge on any atom is 0.416 e. The van der Waals surface area contributed by atoms with Gasteiger partial charge in [0.2, 0.25) is 10.0 Å². The molecule has 33 heavy (non-hydrogen) atoms. The number of benzene rings is 3. The summed E-state index contributed by atoms with van der Waals surface area (Å²) < 4.78 is 90.4. The van der Waals surface area contributed by atoms with E-state index in [9.17, 15) is 30.4 Å². The second-order valence-electron chi connectivity index (χ2n) is 7.07. The minimum absolute atomic E-state index is 0.143. The second-order valence-corrected chi connectivity index (χ2v) is 8.63. The summed E-state index contributed by atoms with van der Waals surface area (Å²) in [5.41, 5.74) is 0.690. The average molecular weight is 479 g/mol. The third-order valence-electron chi connectivity index (χ3n) is 4.84. The van der Waals surface area contributed by atoms with Gasteiger partial charge in [-0.1, -0.05) is 12.1 Å². The number of aromatic nitrogens is 2. The molecule has 0 saturated heterocycles. The van der Waals surface area contributed by atoms with Gasteiger partial charge in [0.05, 0.1) is 27.5 Å². The summed E-state index contributed by atoms with van der Waals surface area (Å²) in [5.74, 6) is -2.13. The Bertz CT molecular complexity index is 1430. The van der Waals surface area contributed by atoms with E-state index in [0.717, 1.165) is 24.3 Å². The van der Waals surface area contributed by atoms with Crippen molar-refractivity contribution in [3.8, 4) is 28.2 Å². The maximum atomic E-state index is 13.7. The van der Waals surface area contributed by atoms with E-state index in [-0.39, 0.29) is 16.2 Å². The number of sulfonamides is 1. The molecule has 1 heterocycles. The number of primary sulfonamides is 1. The molecule has 0 atom stereocenters. The van der Waals surface area contributed by atoms with Crippen LogP contribution in [0.25, 0.3) is 28.2 Å². The van der Waals surface area contributed by atoms with E-state index in [4.69, 9.17) is 5.14 Å². The molecule has 170 valence electrons. The van der Waals surface area contributed by atoms with Crippen LogP contribution in [0.2, 0.25) is 0 Å². The molecule has 0 bridgehead atoms. The van der Waals surface area contributed by atoms with Gasteiger partial charge in [0, 0.05) is 11.1 Å². The molecule has 0 radical (unpaired) electrons. The monoisotopic (exact) mass is 479 g/mol. The Kier molecular flexibility index (Phi) is 5.54. The normalized spacial score (nSPS) is 12.2. The number of alkyl halides is 3. The van der Waals surface area contributed by atoms with E-state index in [1.54, 1.807) is 0 Å². The van der Waals surface area contributed by atoms with Crippen LogP contribution in [0.5, 0.6) is 0 Å². The smallest absolute Gasteiger partial charge is 0.232 e. The van der Waals surface area contributed by atoms with Gasteiger partial charge < -0.3 is 0 Å². The van der Waals surface area contributed by atoms with Crippen molar-refractivity contribution in [2.24, 2.45) is 5.14 Å². The van der Waals surface area contributed by atoms with E-state index >= 15 is 0 Å². The molecule has 3 aromatic carbocycles. The van der Waals surface area contributed by atoms with Gasteiger partial charge in [-0.25, -0.2) is 27.0 Å². The fraction of sp³-hybridized carbons (Fsp3) is 0.0455. The van der Waals surface area contributed by atoms with Gasteiger partial charge in [-0.2, -0.15) is 18.3 Å².